The zero-order chi connectivity index (χ0) is 13.4. The highest BCUT2D eigenvalue weighted by Gasteiger charge is 2.29. The topological polar surface area (TPSA) is 51.4 Å². The SMILES string of the molecule is c1cc(N2CCOCC2)ccc1-c1noc(C2CC2)n1. The quantitative estimate of drug-likeness (QED) is 0.858. The Morgan fingerprint density at radius 2 is 1.80 bits per heavy atom. The third-order valence-electron chi connectivity index (χ3n) is 3.87. The van der Waals surface area contributed by atoms with Crippen molar-refractivity contribution in [3.63, 3.8) is 0 Å². The van der Waals surface area contributed by atoms with Gasteiger partial charge in [0.15, 0.2) is 0 Å². The van der Waals surface area contributed by atoms with E-state index < -0.39 is 0 Å². The van der Waals surface area contributed by atoms with Gasteiger partial charge in [0.2, 0.25) is 11.7 Å². The van der Waals surface area contributed by atoms with Gasteiger partial charge in [0.05, 0.1) is 13.2 Å². The van der Waals surface area contributed by atoms with Crippen molar-refractivity contribution in [2.45, 2.75) is 18.8 Å². The Hall–Kier alpha value is -1.88. The van der Waals surface area contributed by atoms with E-state index in [4.69, 9.17) is 9.26 Å². The molecule has 1 aromatic heterocycles. The highest BCUT2D eigenvalue weighted by molar-refractivity contribution is 5.60. The molecule has 0 amide bonds. The summed E-state index contributed by atoms with van der Waals surface area (Å²) in [6, 6.07) is 8.36. The van der Waals surface area contributed by atoms with E-state index in [-0.39, 0.29) is 0 Å². The molecule has 0 spiro atoms. The minimum absolute atomic E-state index is 0.504. The summed E-state index contributed by atoms with van der Waals surface area (Å²) < 4.78 is 10.7. The Labute approximate surface area is 117 Å². The molecule has 4 rings (SSSR count). The lowest BCUT2D eigenvalue weighted by molar-refractivity contribution is 0.122. The minimum Gasteiger partial charge on any atom is -0.378 e. The fraction of sp³-hybridized carbons (Fsp3) is 0.467. The van der Waals surface area contributed by atoms with Crippen LogP contribution >= 0.6 is 0 Å². The van der Waals surface area contributed by atoms with E-state index >= 15 is 0 Å². The van der Waals surface area contributed by atoms with Crippen molar-refractivity contribution < 1.29 is 9.26 Å². The summed E-state index contributed by atoms with van der Waals surface area (Å²) in [5, 5.41) is 4.07. The summed E-state index contributed by atoms with van der Waals surface area (Å²) in [5.74, 6) is 1.99. The van der Waals surface area contributed by atoms with Crippen LogP contribution in [0.15, 0.2) is 28.8 Å². The molecule has 0 atom stereocenters. The molecule has 2 aromatic rings. The summed E-state index contributed by atoms with van der Waals surface area (Å²) in [5.41, 5.74) is 2.24. The molecule has 5 nitrogen and oxygen atoms in total. The van der Waals surface area contributed by atoms with Crippen LogP contribution in [-0.2, 0) is 4.74 Å². The third kappa shape index (κ3) is 2.29. The predicted octanol–water partition coefficient (Wildman–Crippen LogP) is 2.45. The number of ether oxygens (including phenoxy) is 1. The molecule has 1 aliphatic carbocycles. The number of aromatic nitrogens is 2. The van der Waals surface area contributed by atoms with Crippen molar-refractivity contribution in [2.24, 2.45) is 0 Å². The average Bonchev–Trinajstić information content (AvgIpc) is 3.26. The standard InChI is InChI=1S/C15H17N3O2/c1-2-12(1)15-16-14(17-20-15)11-3-5-13(6-4-11)18-7-9-19-10-8-18/h3-6,12H,1-2,7-10H2. The molecule has 1 saturated heterocycles. The first kappa shape index (κ1) is 11.9. The van der Waals surface area contributed by atoms with Crippen molar-refractivity contribution in [1.29, 1.82) is 0 Å². The molecular weight excluding hydrogens is 254 g/mol. The zero-order valence-corrected chi connectivity index (χ0v) is 11.3. The van der Waals surface area contributed by atoms with Crippen LogP contribution < -0.4 is 4.90 Å². The molecule has 0 N–H and O–H groups in total. The monoisotopic (exact) mass is 271 g/mol. The maximum Gasteiger partial charge on any atom is 0.230 e. The maximum absolute atomic E-state index is 5.37. The van der Waals surface area contributed by atoms with E-state index in [9.17, 15) is 0 Å². The fourth-order valence-corrected chi connectivity index (χ4v) is 2.49. The van der Waals surface area contributed by atoms with Gasteiger partial charge >= 0.3 is 0 Å². The van der Waals surface area contributed by atoms with Crippen molar-refractivity contribution in [3.05, 3.63) is 30.2 Å². The Morgan fingerprint density at radius 1 is 1.05 bits per heavy atom. The second kappa shape index (κ2) is 4.90. The first-order chi connectivity index (χ1) is 9.90. The molecule has 2 heterocycles. The van der Waals surface area contributed by atoms with E-state index in [1.54, 1.807) is 0 Å². The third-order valence-corrected chi connectivity index (χ3v) is 3.87. The van der Waals surface area contributed by atoms with Crippen molar-refractivity contribution in [1.82, 2.24) is 10.1 Å². The van der Waals surface area contributed by atoms with Crippen LogP contribution in [0.5, 0.6) is 0 Å². The zero-order valence-electron chi connectivity index (χ0n) is 11.3. The number of morpholine rings is 1. The Morgan fingerprint density at radius 3 is 2.50 bits per heavy atom. The van der Waals surface area contributed by atoms with Gasteiger partial charge in [0, 0.05) is 30.3 Å². The van der Waals surface area contributed by atoms with Crippen molar-refractivity contribution in [3.8, 4) is 11.4 Å². The summed E-state index contributed by atoms with van der Waals surface area (Å²) in [6.07, 6.45) is 2.36. The second-order valence-electron chi connectivity index (χ2n) is 5.38. The molecule has 0 radical (unpaired) electrons. The van der Waals surface area contributed by atoms with Crippen molar-refractivity contribution in [2.75, 3.05) is 31.2 Å². The van der Waals surface area contributed by atoms with Gasteiger partial charge in [-0.1, -0.05) is 5.16 Å². The molecule has 1 aliphatic heterocycles. The molecule has 2 fully saturated rings. The Kier molecular flexibility index (Phi) is 2.92. The number of nitrogens with zero attached hydrogens (tertiary/aromatic N) is 3. The highest BCUT2D eigenvalue weighted by Crippen LogP contribution is 2.39. The average molecular weight is 271 g/mol. The van der Waals surface area contributed by atoms with E-state index in [0.29, 0.717) is 11.7 Å². The lowest BCUT2D eigenvalue weighted by Crippen LogP contribution is -2.36. The van der Waals surface area contributed by atoms with Gasteiger partial charge in [-0.3, -0.25) is 0 Å². The van der Waals surface area contributed by atoms with Crippen LogP contribution in [0.3, 0.4) is 0 Å². The van der Waals surface area contributed by atoms with Gasteiger partial charge < -0.3 is 14.2 Å². The molecule has 0 unspecified atom stereocenters. The van der Waals surface area contributed by atoms with E-state index in [2.05, 4.69) is 39.3 Å². The van der Waals surface area contributed by atoms with Gasteiger partial charge in [-0.25, -0.2) is 0 Å². The first-order valence-electron chi connectivity index (χ1n) is 7.17. The summed E-state index contributed by atoms with van der Waals surface area (Å²) >= 11 is 0. The molecular formula is C15H17N3O2. The van der Waals surface area contributed by atoms with Gasteiger partial charge in [-0.05, 0) is 37.1 Å². The van der Waals surface area contributed by atoms with E-state index in [1.807, 2.05) is 0 Å². The Balaban J connectivity index is 1.53. The van der Waals surface area contributed by atoms with E-state index in [1.165, 1.54) is 18.5 Å². The molecule has 0 bridgehead atoms. The van der Waals surface area contributed by atoms with Crippen LogP contribution in [0.25, 0.3) is 11.4 Å². The van der Waals surface area contributed by atoms with Gasteiger partial charge in [0.25, 0.3) is 0 Å². The fourth-order valence-electron chi connectivity index (χ4n) is 2.49. The minimum atomic E-state index is 0.504. The number of hydrogen-bond acceptors (Lipinski definition) is 5. The number of benzene rings is 1. The van der Waals surface area contributed by atoms with Gasteiger partial charge in [-0.2, -0.15) is 4.98 Å². The summed E-state index contributed by atoms with van der Waals surface area (Å²) in [7, 11) is 0. The summed E-state index contributed by atoms with van der Waals surface area (Å²) in [6.45, 7) is 3.51. The van der Waals surface area contributed by atoms with Gasteiger partial charge in [0.1, 0.15) is 0 Å². The van der Waals surface area contributed by atoms with Crippen LogP contribution in [0.4, 0.5) is 5.69 Å². The highest BCUT2D eigenvalue weighted by atomic mass is 16.5. The molecule has 5 heteroatoms. The van der Waals surface area contributed by atoms with E-state index in [0.717, 1.165) is 37.8 Å². The van der Waals surface area contributed by atoms with Gasteiger partial charge in [-0.15, -0.1) is 0 Å². The van der Waals surface area contributed by atoms with Crippen LogP contribution in [-0.4, -0.2) is 36.4 Å². The molecule has 104 valence electrons. The first-order valence-corrected chi connectivity index (χ1v) is 7.17. The lowest BCUT2D eigenvalue weighted by atomic mass is 10.2. The lowest BCUT2D eigenvalue weighted by Gasteiger charge is -2.28. The second-order valence-corrected chi connectivity index (χ2v) is 5.38. The molecule has 1 aromatic carbocycles. The Bertz CT molecular complexity index is 583. The smallest absolute Gasteiger partial charge is 0.230 e. The molecule has 2 aliphatic rings. The normalized spacial score (nSPS) is 19.3. The summed E-state index contributed by atoms with van der Waals surface area (Å²) in [4.78, 5) is 6.81. The number of hydrogen-bond donors (Lipinski definition) is 0. The number of anilines is 1. The maximum atomic E-state index is 5.37. The predicted molar refractivity (Wildman–Crippen MR) is 74.7 cm³/mol. The molecule has 20 heavy (non-hydrogen) atoms. The van der Waals surface area contributed by atoms with Crippen LogP contribution in [0.1, 0.15) is 24.7 Å². The largest absolute Gasteiger partial charge is 0.378 e. The number of rotatable bonds is 3. The molecule has 1 saturated carbocycles. The van der Waals surface area contributed by atoms with Crippen LogP contribution in [0, 0.1) is 0 Å². The van der Waals surface area contributed by atoms with Crippen LogP contribution in [0.2, 0.25) is 0 Å². The van der Waals surface area contributed by atoms with Crippen molar-refractivity contribution >= 4 is 5.69 Å².